The fourth-order valence-electron chi connectivity index (χ4n) is 1.48. The number of ketones is 1. The van der Waals surface area contributed by atoms with Crippen molar-refractivity contribution in [3.8, 4) is 0 Å². The molecule has 2 aromatic rings. The van der Waals surface area contributed by atoms with E-state index in [2.05, 4.69) is 0 Å². The van der Waals surface area contributed by atoms with Crippen LogP contribution in [0.3, 0.4) is 0 Å². The topological polar surface area (TPSA) is 39.1 Å². The summed E-state index contributed by atoms with van der Waals surface area (Å²) in [5.74, 6) is 0.0433. The van der Waals surface area contributed by atoms with E-state index >= 15 is 0 Å². The fourth-order valence-corrected chi connectivity index (χ4v) is 2.25. The second-order valence-electron chi connectivity index (χ2n) is 4.07. The number of carbonyl (C=O) groups excluding carboxylic acids is 1. The number of fused-ring (bicyclic) bond motifs is 1. The van der Waals surface area contributed by atoms with Gasteiger partial charge in [-0.25, -0.2) is 0 Å². The first-order valence-electron chi connectivity index (χ1n) is 5.19. The minimum atomic E-state index is -0.0762. The third-order valence-electron chi connectivity index (χ3n) is 2.56. The Kier molecular flexibility index (Phi) is 2.92. The van der Waals surface area contributed by atoms with Crippen LogP contribution in [-0.2, 0) is 11.3 Å². The smallest absolute Gasteiger partial charge is 0.259 e. The van der Waals surface area contributed by atoms with Gasteiger partial charge in [0.2, 0.25) is 0 Å². The van der Waals surface area contributed by atoms with Crippen molar-refractivity contribution >= 4 is 27.2 Å². The molecule has 2 aromatic heterocycles. The molecule has 2 rings (SSSR count). The first-order chi connectivity index (χ1) is 7.59. The van der Waals surface area contributed by atoms with Gasteiger partial charge in [-0.05, 0) is 17.5 Å². The number of pyridine rings is 1. The Hall–Kier alpha value is -1.42. The Balaban J connectivity index is 2.42. The summed E-state index contributed by atoms with van der Waals surface area (Å²) < 4.78 is 2.45. The third kappa shape index (κ3) is 1.93. The molecular formula is C12H13NO2S. The molecule has 3 nitrogen and oxygen atoms in total. The summed E-state index contributed by atoms with van der Waals surface area (Å²) in [5, 5.41) is 2.59. The molecule has 0 atom stereocenters. The largest absolute Gasteiger partial charge is 0.307 e. The van der Waals surface area contributed by atoms with Crippen molar-refractivity contribution in [2.45, 2.75) is 20.4 Å². The summed E-state index contributed by atoms with van der Waals surface area (Å²) in [6.07, 6.45) is 1.70. The highest BCUT2D eigenvalue weighted by Crippen LogP contribution is 2.16. The van der Waals surface area contributed by atoms with Crippen LogP contribution in [0.25, 0.3) is 10.1 Å². The van der Waals surface area contributed by atoms with Gasteiger partial charge in [-0.15, -0.1) is 11.3 Å². The number of aromatic nitrogens is 1. The Morgan fingerprint density at radius 1 is 1.44 bits per heavy atom. The molecule has 0 spiro atoms. The van der Waals surface area contributed by atoms with E-state index in [9.17, 15) is 9.59 Å². The Labute approximate surface area is 97.3 Å². The van der Waals surface area contributed by atoms with E-state index < -0.39 is 0 Å². The highest BCUT2D eigenvalue weighted by Gasteiger charge is 2.10. The van der Waals surface area contributed by atoms with E-state index in [0.29, 0.717) is 5.39 Å². The third-order valence-corrected chi connectivity index (χ3v) is 3.44. The first kappa shape index (κ1) is 11.1. The molecule has 0 aromatic carbocycles. The molecule has 0 aliphatic rings. The fraction of sp³-hybridized carbons (Fsp3) is 0.333. The molecule has 0 saturated carbocycles. The quantitative estimate of drug-likeness (QED) is 0.818. The Morgan fingerprint density at radius 2 is 2.19 bits per heavy atom. The summed E-state index contributed by atoms with van der Waals surface area (Å²) in [7, 11) is 0. The molecule has 0 bridgehead atoms. The lowest BCUT2D eigenvalue weighted by atomic mass is 10.1. The zero-order valence-electron chi connectivity index (χ0n) is 9.27. The Bertz CT molecular complexity index is 580. The van der Waals surface area contributed by atoms with Gasteiger partial charge in [0, 0.05) is 16.8 Å². The lowest BCUT2D eigenvalue weighted by Gasteiger charge is -2.06. The Morgan fingerprint density at radius 3 is 2.88 bits per heavy atom. The SMILES string of the molecule is CC(C)C(=O)Cn1ccc2sccc2c1=O. The van der Waals surface area contributed by atoms with E-state index in [1.165, 1.54) is 15.9 Å². The van der Waals surface area contributed by atoms with Crippen molar-refractivity contribution in [1.82, 2.24) is 4.57 Å². The van der Waals surface area contributed by atoms with E-state index in [1.54, 1.807) is 12.3 Å². The summed E-state index contributed by atoms with van der Waals surface area (Å²) in [5.41, 5.74) is -0.0762. The van der Waals surface area contributed by atoms with Gasteiger partial charge in [0.25, 0.3) is 5.56 Å². The molecule has 0 unspecified atom stereocenters. The molecule has 0 radical (unpaired) electrons. The van der Waals surface area contributed by atoms with Crippen molar-refractivity contribution < 1.29 is 4.79 Å². The van der Waals surface area contributed by atoms with Gasteiger partial charge in [0.1, 0.15) is 0 Å². The van der Waals surface area contributed by atoms with Crippen LogP contribution in [-0.4, -0.2) is 10.4 Å². The van der Waals surface area contributed by atoms with E-state index in [0.717, 1.165) is 4.70 Å². The second-order valence-corrected chi connectivity index (χ2v) is 5.02. The number of nitrogens with zero attached hydrogens (tertiary/aromatic N) is 1. The number of rotatable bonds is 3. The molecule has 0 N–H and O–H groups in total. The van der Waals surface area contributed by atoms with Crippen molar-refractivity contribution in [3.05, 3.63) is 34.1 Å². The average molecular weight is 235 g/mol. The molecule has 4 heteroatoms. The van der Waals surface area contributed by atoms with E-state index in [4.69, 9.17) is 0 Å². The zero-order chi connectivity index (χ0) is 11.7. The second kappa shape index (κ2) is 4.22. The van der Waals surface area contributed by atoms with Crippen molar-refractivity contribution in [3.63, 3.8) is 0 Å². The van der Waals surface area contributed by atoms with Crippen LogP contribution in [0, 0.1) is 5.92 Å². The number of hydrogen-bond acceptors (Lipinski definition) is 3. The number of Topliss-reactive ketones (excluding diaryl/α,β-unsaturated/α-hetero) is 1. The lowest BCUT2D eigenvalue weighted by molar-refractivity contribution is -0.122. The van der Waals surface area contributed by atoms with Crippen LogP contribution >= 0.6 is 11.3 Å². The summed E-state index contributed by atoms with van der Waals surface area (Å²) in [4.78, 5) is 23.5. The molecule has 16 heavy (non-hydrogen) atoms. The van der Waals surface area contributed by atoms with Gasteiger partial charge in [-0.2, -0.15) is 0 Å². The zero-order valence-corrected chi connectivity index (χ0v) is 10.1. The van der Waals surface area contributed by atoms with Crippen molar-refractivity contribution in [2.24, 2.45) is 5.92 Å². The highest BCUT2D eigenvalue weighted by molar-refractivity contribution is 7.17. The van der Waals surface area contributed by atoms with Gasteiger partial charge < -0.3 is 4.57 Å². The molecule has 0 fully saturated rings. The van der Waals surface area contributed by atoms with Crippen LogP contribution in [0.4, 0.5) is 0 Å². The number of hydrogen-bond donors (Lipinski definition) is 0. The van der Waals surface area contributed by atoms with E-state index in [1.807, 2.05) is 25.3 Å². The normalized spacial score (nSPS) is 11.2. The summed E-state index contributed by atoms with van der Waals surface area (Å²) in [6, 6.07) is 3.69. The van der Waals surface area contributed by atoms with Crippen molar-refractivity contribution in [1.29, 1.82) is 0 Å². The maximum absolute atomic E-state index is 12.0. The van der Waals surface area contributed by atoms with Gasteiger partial charge in [0.15, 0.2) is 5.78 Å². The standard InChI is InChI=1S/C12H13NO2S/c1-8(2)10(14)7-13-5-3-11-9(12(13)15)4-6-16-11/h3-6,8H,7H2,1-2H3. The molecule has 0 aliphatic heterocycles. The van der Waals surface area contributed by atoms with Gasteiger partial charge >= 0.3 is 0 Å². The molecule has 0 aliphatic carbocycles. The van der Waals surface area contributed by atoms with Crippen LogP contribution in [0.1, 0.15) is 13.8 Å². The van der Waals surface area contributed by atoms with Gasteiger partial charge in [-0.3, -0.25) is 9.59 Å². The van der Waals surface area contributed by atoms with Gasteiger partial charge in [0.05, 0.1) is 11.9 Å². The molecule has 84 valence electrons. The number of carbonyl (C=O) groups is 1. The predicted molar refractivity (Wildman–Crippen MR) is 65.9 cm³/mol. The highest BCUT2D eigenvalue weighted by atomic mass is 32.1. The molecule has 2 heterocycles. The summed E-state index contributed by atoms with van der Waals surface area (Å²) >= 11 is 1.54. The summed E-state index contributed by atoms with van der Waals surface area (Å²) in [6.45, 7) is 3.86. The predicted octanol–water partition coefficient (Wildman–Crippen LogP) is 2.29. The molecule has 0 saturated heterocycles. The van der Waals surface area contributed by atoms with Crippen molar-refractivity contribution in [2.75, 3.05) is 0 Å². The monoisotopic (exact) mass is 235 g/mol. The maximum Gasteiger partial charge on any atom is 0.259 e. The van der Waals surface area contributed by atoms with Crippen LogP contribution < -0.4 is 5.56 Å². The van der Waals surface area contributed by atoms with Crippen LogP contribution in [0.5, 0.6) is 0 Å². The number of thiophene rings is 1. The van der Waals surface area contributed by atoms with Crippen LogP contribution in [0.2, 0.25) is 0 Å². The maximum atomic E-state index is 12.0. The first-order valence-corrected chi connectivity index (χ1v) is 6.07. The average Bonchev–Trinajstić information content (AvgIpc) is 2.70. The lowest BCUT2D eigenvalue weighted by Crippen LogP contribution is -2.25. The minimum absolute atomic E-state index is 0.0370. The molecular weight excluding hydrogens is 222 g/mol. The van der Waals surface area contributed by atoms with Crippen LogP contribution in [0.15, 0.2) is 28.5 Å². The minimum Gasteiger partial charge on any atom is -0.307 e. The van der Waals surface area contributed by atoms with E-state index in [-0.39, 0.29) is 23.8 Å². The van der Waals surface area contributed by atoms with Gasteiger partial charge in [-0.1, -0.05) is 13.8 Å². The molecule has 0 amide bonds.